The van der Waals surface area contributed by atoms with Crippen LogP contribution in [0.3, 0.4) is 0 Å². The molecule has 13 heavy (non-hydrogen) atoms. The van der Waals surface area contributed by atoms with Crippen LogP contribution >= 0.6 is 0 Å². The molecule has 3 atom stereocenters. The fraction of sp³-hybridized carbons (Fsp3) is 0.500. The predicted octanol–water partition coefficient (Wildman–Crippen LogP) is 1.94. The number of piperidine rings is 1. The third-order valence-electron chi connectivity index (χ3n) is 3.91. The molecule has 1 heteroatoms. The summed E-state index contributed by atoms with van der Waals surface area (Å²) < 4.78 is 0. The third kappa shape index (κ3) is 0.856. The summed E-state index contributed by atoms with van der Waals surface area (Å²) in [4.78, 5) is 0. The number of rotatable bonds is 1. The van der Waals surface area contributed by atoms with Crippen LogP contribution < -0.4 is 5.32 Å². The molecule has 1 saturated heterocycles. The van der Waals surface area contributed by atoms with Gasteiger partial charge in [-0.3, -0.25) is 0 Å². The Labute approximate surface area is 79.2 Å². The van der Waals surface area contributed by atoms with E-state index in [1.54, 1.807) is 0 Å². The molecule has 1 heterocycles. The summed E-state index contributed by atoms with van der Waals surface area (Å²) in [7, 11) is 0. The zero-order valence-electron chi connectivity index (χ0n) is 7.96. The average Bonchev–Trinajstić information content (AvgIpc) is 2.84. The van der Waals surface area contributed by atoms with Gasteiger partial charge in [0.1, 0.15) is 0 Å². The lowest BCUT2D eigenvalue weighted by atomic mass is 9.89. The number of fused-ring (bicyclic) bond motifs is 1. The van der Waals surface area contributed by atoms with Gasteiger partial charge in [-0.1, -0.05) is 30.3 Å². The van der Waals surface area contributed by atoms with Crippen molar-refractivity contribution in [2.75, 3.05) is 6.54 Å². The van der Waals surface area contributed by atoms with Crippen LogP contribution in [0, 0.1) is 5.92 Å². The third-order valence-corrected chi connectivity index (χ3v) is 3.91. The van der Waals surface area contributed by atoms with E-state index in [0.717, 1.165) is 5.92 Å². The van der Waals surface area contributed by atoms with Crippen molar-refractivity contribution in [1.82, 2.24) is 5.32 Å². The van der Waals surface area contributed by atoms with E-state index in [9.17, 15) is 0 Å². The highest BCUT2D eigenvalue weighted by atomic mass is 15.0. The Bertz CT molecular complexity index is 319. The standard InChI is InChI=1S/C12H15N/c1-9-12(7-11(12)8-13-9)10-5-3-2-4-6-10/h2-6,9,11,13H,7-8H2,1H3/t9-,11?,12+/m0/s1. The summed E-state index contributed by atoms with van der Waals surface area (Å²) >= 11 is 0. The summed E-state index contributed by atoms with van der Waals surface area (Å²) in [5.41, 5.74) is 2.04. The lowest BCUT2D eigenvalue weighted by Gasteiger charge is -2.19. The highest BCUT2D eigenvalue weighted by molar-refractivity contribution is 5.38. The number of nitrogens with one attached hydrogen (secondary N) is 1. The molecule has 0 radical (unpaired) electrons. The summed E-state index contributed by atoms with van der Waals surface area (Å²) in [5.74, 6) is 0.907. The summed E-state index contributed by atoms with van der Waals surface area (Å²) in [6.45, 7) is 3.54. The van der Waals surface area contributed by atoms with Crippen molar-refractivity contribution in [2.24, 2.45) is 5.92 Å². The van der Waals surface area contributed by atoms with Crippen molar-refractivity contribution in [3.05, 3.63) is 35.9 Å². The molecular weight excluding hydrogens is 158 g/mol. The number of hydrogen-bond donors (Lipinski definition) is 1. The van der Waals surface area contributed by atoms with Crippen molar-refractivity contribution in [2.45, 2.75) is 24.8 Å². The van der Waals surface area contributed by atoms with E-state index < -0.39 is 0 Å². The quantitative estimate of drug-likeness (QED) is 0.684. The fourth-order valence-corrected chi connectivity index (χ4v) is 2.99. The van der Waals surface area contributed by atoms with Gasteiger partial charge in [0.25, 0.3) is 0 Å². The second kappa shape index (κ2) is 2.36. The largest absolute Gasteiger partial charge is 0.313 e. The van der Waals surface area contributed by atoms with Gasteiger partial charge < -0.3 is 5.32 Å². The zero-order valence-corrected chi connectivity index (χ0v) is 7.96. The average molecular weight is 173 g/mol. The van der Waals surface area contributed by atoms with Gasteiger partial charge in [0.2, 0.25) is 0 Å². The van der Waals surface area contributed by atoms with Crippen molar-refractivity contribution >= 4 is 0 Å². The van der Waals surface area contributed by atoms with Gasteiger partial charge in [0.05, 0.1) is 0 Å². The van der Waals surface area contributed by atoms with Gasteiger partial charge in [-0.2, -0.15) is 0 Å². The SMILES string of the molecule is C[C@@H]1NCC2C[C@@]21c1ccccc1. The summed E-state index contributed by atoms with van der Waals surface area (Å²) in [5, 5.41) is 3.56. The van der Waals surface area contributed by atoms with Gasteiger partial charge in [0, 0.05) is 11.5 Å². The molecule has 2 fully saturated rings. The van der Waals surface area contributed by atoms with E-state index in [0.29, 0.717) is 11.5 Å². The van der Waals surface area contributed by atoms with Crippen molar-refractivity contribution in [3.63, 3.8) is 0 Å². The van der Waals surface area contributed by atoms with E-state index in [4.69, 9.17) is 0 Å². The Morgan fingerprint density at radius 3 is 2.62 bits per heavy atom. The molecule has 68 valence electrons. The first-order valence-electron chi connectivity index (χ1n) is 5.13. The molecule has 1 nitrogen and oxygen atoms in total. The highest BCUT2D eigenvalue weighted by Gasteiger charge is 2.61. The predicted molar refractivity (Wildman–Crippen MR) is 53.7 cm³/mol. The van der Waals surface area contributed by atoms with Crippen molar-refractivity contribution in [3.8, 4) is 0 Å². The van der Waals surface area contributed by atoms with Crippen LogP contribution in [0.1, 0.15) is 18.9 Å². The maximum atomic E-state index is 3.56. The molecule has 2 aliphatic rings. The Balaban J connectivity index is 2.02. The van der Waals surface area contributed by atoms with Crippen LogP contribution in [-0.2, 0) is 5.41 Å². The highest BCUT2D eigenvalue weighted by Crippen LogP contribution is 2.59. The zero-order chi connectivity index (χ0) is 8.89. The first-order valence-corrected chi connectivity index (χ1v) is 5.13. The number of benzene rings is 1. The minimum Gasteiger partial charge on any atom is -0.313 e. The van der Waals surface area contributed by atoms with Crippen LogP contribution in [-0.4, -0.2) is 12.6 Å². The molecular formula is C12H15N. The summed E-state index contributed by atoms with van der Waals surface area (Å²) in [6, 6.07) is 11.6. The fourth-order valence-electron chi connectivity index (χ4n) is 2.99. The van der Waals surface area contributed by atoms with E-state index in [-0.39, 0.29) is 0 Å². The molecule has 0 spiro atoms. The monoisotopic (exact) mass is 173 g/mol. The first kappa shape index (κ1) is 7.57. The Hall–Kier alpha value is -0.820. The van der Waals surface area contributed by atoms with Crippen molar-refractivity contribution < 1.29 is 0 Å². The molecule has 1 aliphatic carbocycles. The Morgan fingerprint density at radius 1 is 1.31 bits per heavy atom. The smallest absolute Gasteiger partial charge is 0.0148 e. The molecule has 3 rings (SSSR count). The van der Waals surface area contributed by atoms with E-state index in [1.807, 2.05) is 0 Å². The maximum absolute atomic E-state index is 3.56. The van der Waals surface area contributed by atoms with Gasteiger partial charge in [-0.25, -0.2) is 0 Å². The lowest BCUT2D eigenvalue weighted by Crippen LogP contribution is -2.31. The van der Waals surface area contributed by atoms with Gasteiger partial charge in [-0.15, -0.1) is 0 Å². The summed E-state index contributed by atoms with van der Waals surface area (Å²) in [6.07, 6.45) is 1.39. The Morgan fingerprint density at radius 2 is 2.08 bits per heavy atom. The van der Waals surface area contributed by atoms with E-state index in [1.165, 1.54) is 18.5 Å². The molecule has 1 aliphatic heterocycles. The van der Waals surface area contributed by atoms with Gasteiger partial charge in [-0.05, 0) is 31.4 Å². The normalized spacial score (nSPS) is 41.6. The van der Waals surface area contributed by atoms with Crippen LogP contribution in [0.5, 0.6) is 0 Å². The second-order valence-corrected chi connectivity index (χ2v) is 4.44. The van der Waals surface area contributed by atoms with Gasteiger partial charge >= 0.3 is 0 Å². The van der Waals surface area contributed by atoms with Gasteiger partial charge in [0.15, 0.2) is 0 Å². The van der Waals surface area contributed by atoms with Crippen LogP contribution in [0.4, 0.5) is 0 Å². The Kier molecular flexibility index (Phi) is 1.37. The van der Waals surface area contributed by atoms with E-state index in [2.05, 4.69) is 42.6 Å². The van der Waals surface area contributed by atoms with E-state index >= 15 is 0 Å². The molecule has 1 unspecified atom stereocenters. The molecule has 1 N–H and O–H groups in total. The minimum absolute atomic E-state index is 0.501. The molecule has 0 amide bonds. The molecule has 0 bridgehead atoms. The van der Waals surface area contributed by atoms with Crippen LogP contribution in [0.2, 0.25) is 0 Å². The maximum Gasteiger partial charge on any atom is 0.0148 e. The second-order valence-electron chi connectivity index (χ2n) is 4.44. The topological polar surface area (TPSA) is 12.0 Å². The van der Waals surface area contributed by atoms with Crippen molar-refractivity contribution in [1.29, 1.82) is 0 Å². The van der Waals surface area contributed by atoms with Crippen LogP contribution in [0.15, 0.2) is 30.3 Å². The molecule has 0 aromatic heterocycles. The number of hydrogen-bond acceptors (Lipinski definition) is 1. The first-order chi connectivity index (χ1) is 6.34. The lowest BCUT2D eigenvalue weighted by molar-refractivity contribution is 0.520. The van der Waals surface area contributed by atoms with Crippen LogP contribution in [0.25, 0.3) is 0 Å². The minimum atomic E-state index is 0.501. The molecule has 1 aromatic rings. The molecule has 1 saturated carbocycles. The molecule has 1 aromatic carbocycles.